The number of hydrogen-bond donors (Lipinski definition) is 1. The van der Waals surface area contributed by atoms with Crippen molar-refractivity contribution in [1.29, 1.82) is 0 Å². The molecule has 5 nitrogen and oxygen atoms in total. The van der Waals surface area contributed by atoms with Crippen LogP contribution >= 0.6 is 0 Å². The van der Waals surface area contributed by atoms with Gasteiger partial charge in [-0.3, -0.25) is 4.79 Å². The molecule has 0 aromatic carbocycles. The van der Waals surface area contributed by atoms with Crippen molar-refractivity contribution in [2.45, 2.75) is 13.3 Å². The van der Waals surface area contributed by atoms with Crippen molar-refractivity contribution in [3.63, 3.8) is 0 Å². The van der Waals surface area contributed by atoms with Gasteiger partial charge in [0.2, 0.25) is 0 Å². The Morgan fingerprint density at radius 1 is 1.54 bits per heavy atom. The van der Waals surface area contributed by atoms with Gasteiger partial charge in [-0.25, -0.2) is 14.8 Å². The van der Waals surface area contributed by atoms with Crippen LogP contribution in [0.25, 0.3) is 0 Å². The van der Waals surface area contributed by atoms with Crippen LogP contribution in [-0.2, 0) is 11.2 Å². The summed E-state index contributed by atoms with van der Waals surface area (Å²) in [7, 11) is 0. The lowest BCUT2D eigenvalue weighted by atomic mass is 10.2. The fourth-order valence-corrected chi connectivity index (χ4v) is 0.805. The molecule has 0 fully saturated rings. The molecule has 0 radical (unpaired) electrons. The minimum absolute atomic E-state index is 0.0700. The highest BCUT2D eigenvalue weighted by Gasteiger charge is 2.15. The number of aliphatic carboxylic acids is 1. The first-order valence-corrected chi connectivity index (χ1v) is 3.74. The Morgan fingerprint density at radius 3 is 2.77 bits per heavy atom. The Balaban J connectivity index is 3.02. The average molecular weight is 180 g/mol. The number of nitrogens with zero attached hydrogens (tertiary/aromatic N) is 2. The first-order chi connectivity index (χ1) is 6.15. The number of carboxylic acids is 1. The van der Waals surface area contributed by atoms with Crippen molar-refractivity contribution in [3.05, 3.63) is 23.8 Å². The molecule has 0 spiro atoms. The van der Waals surface area contributed by atoms with E-state index in [0.29, 0.717) is 12.2 Å². The lowest BCUT2D eigenvalue weighted by Crippen LogP contribution is -2.15. The second-order valence-corrected chi connectivity index (χ2v) is 2.35. The van der Waals surface area contributed by atoms with Crippen molar-refractivity contribution < 1.29 is 14.7 Å². The molecule has 1 heterocycles. The van der Waals surface area contributed by atoms with Crippen LogP contribution in [0, 0.1) is 0 Å². The van der Waals surface area contributed by atoms with Gasteiger partial charge < -0.3 is 5.11 Å². The molecule has 0 aliphatic carbocycles. The molecule has 0 aliphatic rings. The zero-order chi connectivity index (χ0) is 9.84. The SMILES string of the molecule is CCc1nccc(C(=O)C(=O)O)n1. The molecule has 13 heavy (non-hydrogen) atoms. The minimum atomic E-state index is -1.50. The molecule has 1 N–H and O–H groups in total. The maximum Gasteiger partial charge on any atom is 0.378 e. The highest BCUT2D eigenvalue weighted by atomic mass is 16.4. The van der Waals surface area contributed by atoms with Gasteiger partial charge in [0.1, 0.15) is 11.5 Å². The summed E-state index contributed by atoms with van der Waals surface area (Å²) in [5.41, 5.74) is -0.0700. The largest absolute Gasteiger partial charge is 0.475 e. The van der Waals surface area contributed by atoms with Gasteiger partial charge in [-0.1, -0.05) is 6.92 Å². The normalized spacial score (nSPS) is 9.62. The molecule has 0 saturated heterocycles. The van der Waals surface area contributed by atoms with Crippen LogP contribution in [0.4, 0.5) is 0 Å². The summed E-state index contributed by atoms with van der Waals surface area (Å²) in [6, 6.07) is 1.29. The number of Topliss-reactive ketones (excluding diaryl/α,β-unsaturated/α-hetero) is 1. The van der Waals surface area contributed by atoms with E-state index in [2.05, 4.69) is 9.97 Å². The van der Waals surface area contributed by atoms with E-state index in [-0.39, 0.29) is 5.69 Å². The minimum Gasteiger partial charge on any atom is -0.475 e. The number of hydrogen-bond acceptors (Lipinski definition) is 4. The monoisotopic (exact) mass is 180 g/mol. The highest BCUT2D eigenvalue weighted by Crippen LogP contribution is 1.97. The standard InChI is InChI=1S/C8H8N2O3/c1-2-6-9-4-3-5(10-6)7(11)8(12)13/h3-4H,2H2,1H3,(H,12,13). The van der Waals surface area contributed by atoms with E-state index in [4.69, 9.17) is 5.11 Å². The summed E-state index contributed by atoms with van der Waals surface area (Å²) in [5, 5.41) is 8.39. The Morgan fingerprint density at radius 2 is 2.23 bits per heavy atom. The summed E-state index contributed by atoms with van der Waals surface area (Å²) in [5.74, 6) is -2.04. The Bertz CT molecular complexity index is 349. The topological polar surface area (TPSA) is 80.2 Å². The molecule has 1 rings (SSSR count). The number of rotatable bonds is 3. The van der Waals surface area contributed by atoms with Gasteiger partial charge in [-0.15, -0.1) is 0 Å². The van der Waals surface area contributed by atoms with Gasteiger partial charge >= 0.3 is 5.97 Å². The van der Waals surface area contributed by atoms with E-state index in [1.54, 1.807) is 0 Å². The maximum absolute atomic E-state index is 10.9. The summed E-state index contributed by atoms with van der Waals surface area (Å²) < 4.78 is 0. The first-order valence-electron chi connectivity index (χ1n) is 3.74. The second kappa shape index (κ2) is 3.75. The van der Waals surface area contributed by atoms with Crippen LogP contribution in [0.1, 0.15) is 23.2 Å². The zero-order valence-electron chi connectivity index (χ0n) is 7.02. The predicted molar refractivity (Wildman–Crippen MR) is 43.4 cm³/mol. The van der Waals surface area contributed by atoms with E-state index in [1.807, 2.05) is 6.92 Å². The maximum atomic E-state index is 10.9. The third-order valence-corrected chi connectivity index (χ3v) is 1.45. The molecule has 0 aliphatic heterocycles. The molecule has 68 valence electrons. The number of carboxylic acid groups (broad SMARTS) is 1. The van der Waals surface area contributed by atoms with Crippen molar-refractivity contribution in [2.24, 2.45) is 0 Å². The Kier molecular flexibility index (Phi) is 2.69. The van der Waals surface area contributed by atoms with Gasteiger partial charge in [-0.2, -0.15) is 0 Å². The number of ketones is 1. The van der Waals surface area contributed by atoms with Gasteiger partial charge in [0.25, 0.3) is 5.78 Å². The van der Waals surface area contributed by atoms with Crippen molar-refractivity contribution in [1.82, 2.24) is 9.97 Å². The van der Waals surface area contributed by atoms with Gasteiger partial charge in [0, 0.05) is 12.6 Å². The molecule has 0 atom stereocenters. The first kappa shape index (κ1) is 9.31. The van der Waals surface area contributed by atoms with E-state index < -0.39 is 11.8 Å². The summed E-state index contributed by atoms with van der Waals surface area (Å²) >= 11 is 0. The Hall–Kier alpha value is -1.78. The van der Waals surface area contributed by atoms with E-state index >= 15 is 0 Å². The third-order valence-electron chi connectivity index (χ3n) is 1.45. The second-order valence-electron chi connectivity index (χ2n) is 2.35. The summed E-state index contributed by atoms with van der Waals surface area (Å²) in [6.07, 6.45) is 1.95. The predicted octanol–water partition coefficient (Wildman–Crippen LogP) is 0.306. The number of aryl methyl sites for hydroxylation is 1. The summed E-state index contributed by atoms with van der Waals surface area (Å²) in [4.78, 5) is 28.8. The molecule has 5 heteroatoms. The van der Waals surface area contributed by atoms with Crippen LogP contribution in [-0.4, -0.2) is 26.8 Å². The highest BCUT2D eigenvalue weighted by molar-refractivity contribution is 6.39. The van der Waals surface area contributed by atoms with Crippen molar-refractivity contribution in [2.75, 3.05) is 0 Å². The van der Waals surface area contributed by atoms with Gasteiger partial charge in [0.15, 0.2) is 0 Å². The molecule has 0 amide bonds. The number of aromatic nitrogens is 2. The van der Waals surface area contributed by atoms with E-state index in [1.165, 1.54) is 12.3 Å². The number of carbonyl (C=O) groups is 2. The van der Waals surface area contributed by atoms with Crippen LogP contribution in [0.3, 0.4) is 0 Å². The lowest BCUT2D eigenvalue weighted by Gasteiger charge is -1.96. The molecule has 1 aromatic heterocycles. The smallest absolute Gasteiger partial charge is 0.378 e. The third kappa shape index (κ3) is 2.08. The van der Waals surface area contributed by atoms with Crippen LogP contribution < -0.4 is 0 Å². The van der Waals surface area contributed by atoms with Gasteiger partial charge in [0.05, 0.1) is 0 Å². The van der Waals surface area contributed by atoms with E-state index in [0.717, 1.165) is 0 Å². The fraction of sp³-hybridized carbons (Fsp3) is 0.250. The van der Waals surface area contributed by atoms with Gasteiger partial charge in [-0.05, 0) is 6.07 Å². The fourth-order valence-electron chi connectivity index (χ4n) is 0.805. The zero-order valence-corrected chi connectivity index (χ0v) is 7.02. The molecule has 1 aromatic rings. The van der Waals surface area contributed by atoms with Crippen molar-refractivity contribution in [3.8, 4) is 0 Å². The molecular formula is C8H8N2O3. The van der Waals surface area contributed by atoms with Crippen molar-refractivity contribution >= 4 is 11.8 Å². The quantitative estimate of drug-likeness (QED) is 0.534. The molecule has 0 saturated carbocycles. The van der Waals surface area contributed by atoms with Crippen LogP contribution in [0.15, 0.2) is 12.3 Å². The van der Waals surface area contributed by atoms with Crippen LogP contribution in [0.2, 0.25) is 0 Å². The average Bonchev–Trinajstić information content (AvgIpc) is 2.16. The Labute approximate surface area is 74.4 Å². The summed E-state index contributed by atoms with van der Waals surface area (Å²) in [6.45, 7) is 1.82. The lowest BCUT2D eigenvalue weighted by molar-refractivity contribution is -0.131. The number of carbonyl (C=O) groups excluding carboxylic acids is 1. The van der Waals surface area contributed by atoms with Crippen LogP contribution in [0.5, 0.6) is 0 Å². The van der Waals surface area contributed by atoms with E-state index in [9.17, 15) is 9.59 Å². The molecule has 0 bridgehead atoms. The molecular weight excluding hydrogens is 172 g/mol. The molecule has 0 unspecified atom stereocenters.